The molecule has 0 fully saturated rings. The van der Waals surface area contributed by atoms with E-state index in [-0.39, 0.29) is 17.3 Å². The second kappa shape index (κ2) is 7.98. The lowest BCUT2D eigenvalue weighted by Crippen LogP contribution is -2.23. The predicted molar refractivity (Wildman–Crippen MR) is 119 cm³/mol. The molecule has 0 saturated carbocycles. The molecule has 0 aliphatic heterocycles. The summed E-state index contributed by atoms with van der Waals surface area (Å²) < 4.78 is 22.8. The van der Waals surface area contributed by atoms with E-state index >= 15 is 0 Å². The van der Waals surface area contributed by atoms with Crippen molar-refractivity contribution >= 4 is 38.2 Å². The van der Waals surface area contributed by atoms with Crippen LogP contribution < -0.4 is 10.5 Å². The Kier molecular flexibility index (Phi) is 5.38. The Morgan fingerprint density at radius 2 is 1.87 bits per heavy atom. The summed E-state index contributed by atoms with van der Waals surface area (Å²) in [6.45, 7) is 2.23. The molecule has 3 N–H and O–H groups in total. The summed E-state index contributed by atoms with van der Waals surface area (Å²) >= 11 is 1.57. The van der Waals surface area contributed by atoms with Gasteiger partial charge in [-0.15, -0.1) is 11.3 Å². The Hall–Kier alpha value is -3.07. The first-order valence-corrected chi connectivity index (χ1v) is 11.6. The van der Waals surface area contributed by atoms with Gasteiger partial charge >= 0.3 is 0 Å². The highest BCUT2D eigenvalue weighted by molar-refractivity contribution is 7.89. The molecule has 4 aromatic rings. The summed E-state index contributed by atoms with van der Waals surface area (Å²) in [7, 11) is -3.74. The molecule has 0 spiro atoms. The highest BCUT2D eigenvalue weighted by atomic mass is 32.2. The van der Waals surface area contributed by atoms with Gasteiger partial charge < -0.3 is 5.32 Å². The lowest BCUT2D eigenvalue weighted by atomic mass is 10.0. The number of sulfonamides is 1. The van der Waals surface area contributed by atoms with Crippen molar-refractivity contribution in [2.45, 2.75) is 18.4 Å². The summed E-state index contributed by atoms with van der Waals surface area (Å²) in [4.78, 5) is 18.8. The van der Waals surface area contributed by atoms with Crippen LogP contribution in [-0.4, -0.2) is 19.3 Å². The average Bonchev–Trinajstić information content (AvgIpc) is 3.26. The van der Waals surface area contributed by atoms with E-state index in [1.807, 2.05) is 48.7 Å². The predicted octanol–water partition coefficient (Wildman–Crippen LogP) is 3.85. The molecule has 1 amide bonds. The zero-order valence-electron chi connectivity index (χ0n) is 16.1. The minimum Gasteiger partial charge on any atom is -0.348 e. The van der Waals surface area contributed by atoms with E-state index in [0.29, 0.717) is 5.56 Å². The number of hydrogen-bond donors (Lipinski definition) is 2. The first-order chi connectivity index (χ1) is 14.3. The van der Waals surface area contributed by atoms with Crippen molar-refractivity contribution in [3.8, 4) is 10.6 Å². The van der Waals surface area contributed by atoms with Gasteiger partial charge in [-0.1, -0.05) is 29.8 Å². The summed E-state index contributed by atoms with van der Waals surface area (Å²) in [6, 6.07) is 17.7. The number of thiophene rings is 1. The van der Waals surface area contributed by atoms with E-state index < -0.39 is 10.0 Å². The summed E-state index contributed by atoms with van der Waals surface area (Å²) in [5, 5.41) is 10.8. The molecule has 2 heterocycles. The van der Waals surface area contributed by atoms with Crippen LogP contribution >= 0.6 is 11.3 Å². The summed E-state index contributed by atoms with van der Waals surface area (Å²) in [5.41, 5.74) is 3.87. The van der Waals surface area contributed by atoms with Gasteiger partial charge in [0.15, 0.2) is 0 Å². The standard InChI is InChI=1S/C22H19N3O3S2/c1-14-4-9-19-17(11-14)18(12-20(25-19)21-3-2-10-29-21)22(26)24-13-15-5-7-16(8-6-15)30(23,27)28/h2-12H,13H2,1H3,(H,24,26)(H2,23,27,28). The van der Waals surface area contributed by atoms with Crippen molar-refractivity contribution in [3.63, 3.8) is 0 Å². The van der Waals surface area contributed by atoms with Crippen LogP contribution in [0.15, 0.2) is 70.9 Å². The minimum absolute atomic E-state index is 0.0359. The van der Waals surface area contributed by atoms with E-state index in [2.05, 4.69) is 5.32 Å². The van der Waals surface area contributed by atoms with Crippen LogP contribution in [0.3, 0.4) is 0 Å². The monoisotopic (exact) mass is 437 g/mol. The van der Waals surface area contributed by atoms with Crippen LogP contribution in [0.4, 0.5) is 0 Å². The molecule has 0 unspecified atom stereocenters. The van der Waals surface area contributed by atoms with Gasteiger partial charge in [0.1, 0.15) is 0 Å². The van der Waals surface area contributed by atoms with Crippen molar-refractivity contribution in [3.05, 3.63) is 82.7 Å². The summed E-state index contributed by atoms with van der Waals surface area (Å²) in [5.74, 6) is -0.221. The van der Waals surface area contributed by atoms with E-state index in [0.717, 1.165) is 32.6 Å². The molecule has 0 aliphatic rings. The van der Waals surface area contributed by atoms with Crippen LogP contribution in [0, 0.1) is 6.92 Å². The van der Waals surface area contributed by atoms with Crippen molar-refractivity contribution < 1.29 is 13.2 Å². The first kappa shape index (κ1) is 20.2. The third-order valence-corrected chi connectivity index (χ3v) is 6.51. The molecule has 0 saturated heterocycles. The van der Waals surface area contributed by atoms with E-state index in [9.17, 15) is 13.2 Å². The zero-order valence-corrected chi connectivity index (χ0v) is 17.8. The van der Waals surface area contributed by atoms with Crippen LogP contribution in [0.5, 0.6) is 0 Å². The smallest absolute Gasteiger partial charge is 0.252 e. The van der Waals surface area contributed by atoms with Gasteiger partial charge in [-0.25, -0.2) is 18.5 Å². The Morgan fingerprint density at radius 3 is 2.53 bits per heavy atom. The fourth-order valence-electron chi connectivity index (χ4n) is 3.15. The Bertz CT molecular complexity index is 1330. The quantitative estimate of drug-likeness (QED) is 0.495. The molecule has 8 heteroatoms. The van der Waals surface area contributed by atoms with Gasteiger partial charge in [0.05, 0.1) is 26.5 Å². The number of rotatable bonds is 5. The molecule has 0 atom stereocenters. The number of carbonyl (C=O) groups excluding carboxylic acids is 1. The van der Waals surface area contributed by atoms with Gasteiger partial charge in [-0.3, -0.25) is 4.79 Å². The molecule has 6 nitrogen and oxygen atoms in total. The minimum atomic E-state index is -3.74. The Balaban J connectivity index is 1.64. The lowest BCUT2D eigenvalue weighted by molar-refractivity contribution is 0.0952. The largest absolute Gasteiger partial charge is 0.348 e. The number of nitrogens with two attached hydrogens (primary N) is 1. The van der Waals surface area contributed by atoms with E-state index in [1.54, 1.807) is 23.5 Å². The fraction of sp³-hybridized carbons (Fsp3) is 0.0909. The van der Waals surface area contributed by atoms with E-state index in [1.165, 1.54) is 12.1 Å². The van der Waals surface area contributed by atoms with Crippen LogP contribution in [0.25, 0.3) is 21.5 Å². The molecule has 4 rings (SSSR count). The molecule has 30 heavy (non-hydrogen) atoms. The molecule has 0 bridgehead atoms. The first-order valence-electron chi connectivity index (χ1n) is 9.16. The fourth-order valence-corrected chi connectivity index (χ4v) is 4.35. The number of nitrogens with one attached hydrogen (secondary N) is 1. The maximum atomic E-state index is 13.0. The number of nitrogens with zero attached hydrogens (tertiary/aromatic N) is 1. The topological polar surface area (TPSA) is 102 Å². The summed E-state index contributed by atoms with van der Waals surface area (Å²) in [6.07, 6.45) is 0. The van der Waals surface area contributed by atoms with Gasteiger partial charge in [-0.05, 0) is 54.3 Å². The SMILES string of the molecule is Cc1ccc2nc(-c3cccs3)cc(C(=O)NCc3ccc(S(N)(=O)=O)cc3)c2c1. The lowest BCUT2D eigenvalue weighted by Gasteiger charge is -2.11. The maximum Gasteiger partial charge on any atom is 0.252 e. The number of pyridine rings is 1. The highest BCUT2D eigenvalue weighted by Crippen LogP contribution is 2.28. The molecule has 0 radical (unpaired) electrons. The van der Waals surface area contributed by atoms with Gasteiger partial charge in [0.25, 0.3) is 5.91 Å². The molecular weight excluding hydrogens is 418 g/mol. The maximum absolute atomic E-state index is 13.0. The third-order valence-electron chi connectivity index (χ3n) is 4.69. The van der Waals surface area contributed by atoms with Crippen LogP contribution in [0.1, 0.15) is 21.5 Å². The number of amides is 1. The van der Waals surface area contributed by atoms with Crippen LogP contribution in [0.2, 0.25) is 0 Å². The van der Waals surface area contributed by atoms with Crippen molar-refractivity contribution in [2.24, 2.45) is 5.14 Å². The number of fused-ring (bicyclic) bond motifs is 1. The van der Waals surface area contributed by atoms with Crippen LogP contribution in [-0.2, 0) is 16.6 Å². The number of hydrogen-bond acceptors (Lipinski definition) is 5. The van der Waals surface area contributed by atoms with Crippen molar-refractivity contribution in [1.82, 2.24) is 10.3 Å². The number of aryl methyl sites for hydroxylation is 1. The second-order valence-corrected chi connectivity index (χ2v) is 9.43. The number of primary sulfonamides is 1. The number of aromatic nitrogens is 1. The van der Waals surface area contributed by atoms with Crippen molar-refractivity contribution in [1.29, 1.82) is 0 Å². The zero-order chi connectivity index (χ0) is 21.3. The van der Waals surface area contributed by atoms with Gasteiger partial charge in [-0.2, -0.15) is 0 Å². The molecular formula is C22H19N3O3S2. The van der Waals surface area contributed by atoms with Gasteiger partial charge in [0.2, 0.25) is 10.0 Å². The van der Waals surface area contributed by atoms with E-state index in [4.69, 9.17) is 10.1 Å². The van der Waals surface area contributed by atoms with Gasteiger partial charge in [0, 0.05) is 11.9 Å². The number of carbonyl (C=O) groups is 1. The average molecular weight is 438 g/mol. The second-order valence-electron chi connectivity index (χ2n) is 6.92. The normalized spacial score (nSPS) is 11.5. The highest BCUT2D eigenvalue weighted by Gasteiger charge is 2.15. The Labute approximate surface area is 178 Å². The number of benzene rings is 2. The molecule has 2 aromatic heterocycles. The molecule has 152 valence electrons. The molecule has 2 aromatic carbocycles. The van der Waals surface area contributed by atoms with Crippen molar-refractivity contribution in [2.75, 3.05) is 0 Å². The third kappa shape index (κ3) is 4.25. The molecule has 0 aliphatic carbocycles. The Morgan fingerprint density at radius 1 is 1.10 bits per heavy atom.